The van der Waals surface area contributed by atoms with Gasteiger partial charge in [0.05, 0.1) is 0 Å². The van der Waals surface area contributed by atoms with Gasteiger partial charge in [0.15, 0.2) is 5.78 Å². The summed E-state index contributed by atoms with van der Waals surface area (Å²) in [5.41, 5.74) is 1.67. The smallest absolute Gasteiger partial charge is 0.162 e. The Morgan fingerprint density at radius 3 is 2.42 bits per heavy atom. The lowest BCUT2D eigenvalue weighted by Crippen LogP contribution is -2.02. The summed E-state index contributed by atoms with van der Waals surface area (Å²) in [5, 5.41) is 0. The first-order chi connectivity index (χ1) is 5.70. The van der Waals surface area contributed by atoms with Gasteiger partial charge >= 0.3 is 0 Å². The third kappa shape index (κ3) is 2.35. The van der Waals surface area contributed by atoms with Crippen molar-refractivity contribution >= 4 is 5.78 Å². The first kappa shape index (κ1) is 8.72. The summed E-state index contributed by atoms with van der Waals surface area (Å²) in [7, 11) is 0. The lowest BCUT2D eigenvalue weighted by molar-refractivity contribution is -0.114. The Hall–Kier alpha value is -1.37. The van der Waals surface area contributed by atoms with E-state index < -0.39 is 0 Å². The molecule has 0 unspecified atom stereocenters. The lowest BCUT2D eigenvalue weighted by Gasteiger charge is -1.98. The van der Waals surface area contributed by atoms with E-state index in [1.165, 1.54) is 0 Å². The molecule has 0 N–H and O–H groups in total. The molecule has 0 radical (unpaired) electrons. The first-order valence-corrected chi connectivity index (χ1v) is 3.93. The summed E-state index contributed by atoms with van der Waals surface area (Å²) < 4.78 is 0. The molecule has 0 bridgehead atoms. The summed E-state index contributed by atoms with van der Waals surface area (Å²) in [6.45, 7) is 5.34. The van der Waals surface area contributed by atoms with Crippen LogP contribution in [0.4, 0.5) is 0 Å². The number of carbonyl (C=O) groups excluding carboxylic acids is 1. The molecule has 1 rings (SSSR count). The molecule has 12 heavy (non-hydrogen) atoms. The van der Waals surface area contributed by atoms with Crippen LogP contribution in [0.1, 0.15) is 12.5 Å². The van der Waals surface area contributed by atoms with Gasteiger partial charge < -0.3 is 0 Å². The van der Waals surface area contributed by atoms with Crippen LogP contribution in [0.5, 0.6) is 0 Å². The van der Waals surface area contributed by atoms with Crippen molar-refractivity contribution in [3.05, 3.63) is 48.0 Å². The number of hydrogen-bond acceptors (Lipinski definition) is 1. The fourth-order valence-corrected chi connectivity index (χ4v) is 0.932. The van der Waals surface area contributed by atoms with Crippen LogP contribution < -0.4 is 0 Å². The molecule has 0 saturated heterocycles. The van der Waals surface area contributed by atoms with Crippen LogP contribution in [0.2, 0.25) is 0 Å². The summed E-state index contributed by atoms with van der Waals surface area (Å²) in [6.07, 6.45) is 0.468. The molecule has 0 aliphatic carbocycles. The largest absolute Gasteiger partial charge is 0.294 e. The fraction of sp³-hybridized carbons (Fsp3) is 0.182. The highest BCUT2D eigenvalue weighted by atomic mass is 16.1. The van der Waals surface area contributed by atoms with Gasteiger partial charge in [0.25, 0.3) is 0 Å². The quantitative estimate of drug-likeness (QED) is 0.620. The Balaban J connectivity index is 2.65. The second kappa shape index (κ2) is 3.86. The molecule has 0 aliphatic heterocycles. The van der Waals surface area contributed by atoms with Crippen LogP contribution in [0.25, 0.3) is 0 Å². The molecule has 1 aromatic carbocycles. The predicted octanol–water partition coefficient (Wildman–Crippen LogP) is 2.37. The Bertz CT molecular complexity index is 285. The lowest BCUT2D eigenvalue weighted by atomic mass is 10.1. The van der Waals surface area contributed by atoms with Crippen molar-refractivity contribution in [2.45, 2.75) is 13.3 Å². The molecular formula is C11H12O. The van der Waals surface area contributed by atoms with Gasteiger partial charge in [-0.15, -0.1) is 0 Å². The second-order valence-corrected chi connectivity index (χ2v) is 2.87. The van der Waals surface area contributed by atoms with Gasteiger partial charge in [-0.2, -0.15) is 0 Å². The summed E-state index contributed by atoms with van der Waals surface area (Å²) in [5.74, 6) is 0.112. The maximum Gasteiger partial charge on any atom is 0.162 e. The molecule has 0 fully saturated rings. The third-order valence-corrected chi connectivity index (χ3v) is 1.68. The monoisotopic (exact) mass is 160 g/mol. The van der Waals surface area contributed by atoms with Gasteiger partial charge in [0, 0.05) is 6.42 Å². The van der Waals surface area contributed by atoms with Crippen LogP contribution in [0.3, 0.4) is 0 Å². The van der Waals surface area contributed by atoms with Crippen LogP contribution >= 0.6 is 0 Å². The zero-order valence-corrected chi connectivity index (χ0v) is 7.21. The summed E-state index contributed by atoms with van der Waals surface area (Å²) in [4.78, 5) is 11.2. The Labute approximate surface area is 72.7 Å². The van der Waals surface area contributed by atoms with Crippen LogP contribution in [0, 0.1) is 0 Å². The normalized spacial score (nSPS) is 9.42. The highest BCUT2D eigenvalue weighted by Gasteiger charge is 2.02. The summed E-state index contributed by atoms with van der Waals surface area (Å²) in [6, 6.07) is 9.69. The Morgan fingerprint density at radius 2 is 1.92 bits per heavy atom. The SMILES string of the molecule is C=C(C)C(=O)Cc1ccccc1. The number of hydrogen-bond donors (Lipinski definition) is 0. The second-order valence-electron chi connectivity index (χ2n) is 2.87. The molecule has 62 valence electrons. The molecule has 0 atom stereocenters. The number of allylic oxidation sites excluding steroid dienone is 1. The van der Waals surface area contributed by atoms with Crippen molar-refractivity contribution in [2.24, 2.45) is 0 Å². The topological polar surface area (TPSA) is 17.1 Å². The maximum atomic E-state index is 11.2. The molecule has 0 amide bonds. The van der Waals surface area contributed by atoms with Crippen molar-refractivity contribution in [1.29, 1.82) is 0 Å². The van der Waals surface area contributed by atoms with E-state index in [9.17, 15) is 4.79 Å². The average Bonchev–Trinajstić information content (AvgIpc) is 2.06. The van der Waals surface area contributed by atoms with Crippen molar-refractivity contribution in [3.63, 3.8) is 0 Å². The first-order valence-electron chi connectivity index (χ1n) is 3.93. The molecule has 0 aliphatic rings. The van der Waals surface area contributed by atoms with Crippen molar-refractivity contribution in [2.75, 3.05) is 0 Å². The van der Waals surface area contributed by atoms with Crippen molar-refractivity contribution in [1.82, 2.24) is 0 Å². The molecular weight excluding hydrogens is 148 g/mol. The zero-order valence-electron chi connectivity index (χ0n) is 7.21. The number of benzene rings is 1. The maximum absolute atomic E-state index is 11.2. The fourth-order valence-electron chi connectivity index (χ4n) is 0.932. The molecule has 0 spiro atoms. The molecule has 0 heterocycles. The van der Waals surface area contributed by atoms with Crippen LogP contribution in [-0.4, -0.2) is 5.78 Å². The summed E-state index contributed by atoms with van der Waals surface area (Å²) >= 11 is 0. The molecule has 1 nitrogen and oxygen atoms in total. The molecule has 1 aromatic rings. The van der Waals surface area contributed by atoms with Crippen LogP contribution in [-0.2, 0) is 11.2 Å². The number of Topliss-reactive ketones (excluding diaryl/α,β-unsaturated/α-hetero) is 1. The average molecular weight is 160 g/mol. The Morgan fingerprint density at radius 1 is 1.33 bits per heavy atom. The number of ketones is 1. The van der Waals surface area contributed by atoms with E-state index in [1.54, 1.807) is 6.92 Å². The van der Waals surface area contributed by atoms with Gasteiger partial charge in [0.2, 0.25) is 0 Å². The van der Waals surface area contributed by atoms with Crippen molar-refractivity contribution in [3.8, 4) is 0 Å². The third-order valence-electron chi connectivity index (χ3n) is 1.68. The van der Waals surface area contributed by atoms with E-state index >= 15 is 0 Å². The minimum Gasteiger partial charge on any atom is -0.294 e. The minimum absolute atomic E-state index is 0.112. The van der Waals surface area contributed by atoms with E-state index in [0.29, 0.717) is 12.0 Å². The highest BCUT2D eigenvalue weighted by molar-refractivity contribution is 5.95. The van der Waals surface area contributed by atoms with E-state index in [-0.39, 0.29) is 5.78 Å². The molecule has 0 aromatic heterocycles. The van der Waals surface area contributed by atoms with Crippen molar-refractivity contribution < 1.29 is 4.79 Å². The Kier molecular flexibility index (Phi) is 2.81. The van der Waals surface area contributed by atoms with Gasteiger partial charge in [-0.05, 0) is 18.1 Å². The van der Waals surface area contributed by atoms with Gasteiger partial charge in [-0.3, -0.25) is 4.79 Å². The predicted molar refractivity (Wildman–Crippen MR) is 50.0 cm³/mol. The minimum atomic E-state index is 0.112. The van der Waals surface area contributed by atoms with E-state index in [4.69, 9.17) is 0 Å². The van der Waals surface area contributed by atoms with Crippen LogP contribution in [0.15, 0.2) is 42.5 Å². The standard InChI is InChI=1S/C11H12O/c1-9(2)11(12)8-10-6-4-3-5-7-10/h3-7H,1,8H2,2H3. The van der Waals surface area contributed by atoms with Gasteiger partial charge in [-0.25, -0.2) is 0 Å². The van der Waals surface area contributed by atoms with E-state index in [1.807, 2.05) is 30.3 Å². The zero-order chi connectivity index (χ0) is 8.97. The highest BCUT2D eigenvalue weighted by Crippen LogP contribution is 2.03. The number of carbonyl (C=O) groups is 1. The van der Waals surface area contributed by atoms with E-state index in [2.05, 4.69) is 6.58 Å². The van der Waals surface area contributed by atoms with Gasteiger partial charge in [-0.1, -0.05) is 36.9 Å². The molecule has 0 saturated carbocycles. The van der Waals surface area contributed by atoms with Gasteiger partial charge in [0.1, 0.15) is 0 Å². The number of rotatable bonds is 3. The molecule has 1 heteroatoms. The van der Waals surface area contributed by atoms with E-state index in [0.717, 1.165) is 5.56 Å².